The van der Waals surface area contributed by atoms with Crippen molar-refractivity contribution in [2.75, 3.05) is 13.7 Å². The maximum absolute atomic E-state index is 8.49. The Morgan fingerprint density at radius 1 is 0.638 bits per heavy atom. The topological polar surface area (TPSA) is 125 Å². The summed E-state index contributed by atoms with van der Waals surface area (Å²) in [6, 6.07) is 50.4. The number of methoxy groups -OCH3 is 1. The van der Waals surface area contributed by atoms with Gasteiger partial charge in [-0.25, -0.2) is 18.6 Å². The van der Waals surface area contributed by atoms with Gasteiger partial charge < -0.3 is 9.47 Å². The van der Waals surface area contributed by atoms with Crippen LogP contribution in [0.25, 0.3) is 5.76 Å². The van der Waals surface area contributed by atoms with Crippen molar-refractivity contribution in [2.24, 2.45) is 0 Å². The van der Waals surface area contributed by atoms with Gasteiger partial charge in [-0.3, -0.25) is 0 Å². The van der Waals surface area contributed by atoms with Crippen LogP contribution in [0.15, 0.2) is 164 Å². The first-order valence-electron chi connectivity index (χ1n) is 14.7. The number of hydrogen-bond acceptors (Lipinski definition) is 6. The van der Waals surface area contributed by atoms with Crippen LogP contribution in [0.3, 0.4) is 0 Å². The zero-order valence-electron chi connectivity index (χ0n) is 26.0. The van der Waals surface area contributed by atoms with Crippen LogP contribution in [-0.4, -0.2) is 19.4 Å². The molecule has 47 heavy (non-hydrogen) atoms. The molecule has 7 nitrogen and oxygen atoms in total. The standard InChI is InChI=1S/C38H35NO2P.ClHO4/c1-3-41-38(32-27-29-33(40-2)30-28-32)26-16-25-37(31-17-8-4-9-18-31)39-42(34-19-10-5-11-20-34,35-21-12-6-13-22-35)36-23-14-7-15-24-36;2-1(3,4)5/h4-30H,3H2,1-2H3;(H,2,3,4,5)/q+1;/p-1/b25-16+,38-26-;. The van der Waals surface area contributed by atoms with Gasteiger partial charge in [0.15, 0.2) is 0 Å². The van der Waals surface area contributed by atoms with Crippen molar-refractivity contribution in [3.8, 4) is 5.75 Å². The highest BCUT2D eigenvalue weighted by Crippen LogP contribution is 2.42. The first-order chi connectivity index (χ1) is 22.7. The molecule has 0 saturated heterocycles. The molecule has 0 atom stereocenters. The predicted molar refractivity (Wildman–Crippen MR) is 180 cm³/mol. The van der Waals surface area contributed by atoms with Gasteiger partial charge in [-0.05, 0) is 85.8 Å². The number of ether oxygens (including phenoxy) is 2. The fourth-order valence-electron chi connectivity index (χ4n) is 4.87. The van der Waals surface area contributed by atoms with Crippen LogP contribution < -0.4 is 43.7 Å². The molecule has 0 unspecified atom stereocenters. The molecule has 240 valence electrons. The SMILES string of the molecule is CCO/C(=C\C=C\C(=[N+]=P(c1ccccc1)(c1ccccc1)c1ccccc1)c1ccccc1)c1ccc(OC)cc1.[O-][Cl+3]([O-])([O-])[O-]. The second-order valence-electron chi connectivity index (χ2n) is 9.92. The fourth-order valence-corrected chi connectivity index (χ4v) is 8.43. The van der Waals surface area contributed by atoms with Crippen LogP contribution in [0.5, 0.6) is 5.75 Å². The molecule has 9 heteroatoms. The second-order valence-corrected chi connectivity index (χ2v) is 13.7. The zero-order chi connectivity index (χ0) is 33.5. The molecular formula is C38H35ClNO6P. The van der Waals surface area contributed by atoms with Crippen molar-refractivity contribution in [1.82, 2.24) is 4.42 Å². The van der Waals surface area contributed by atoms with Crippen LogP contribution in [-0.2, 0) is 4.74 Å². The van der Waals surface area contributed by atoms with E-state index in [0.717, 1.165) is 28.3 Å². The van der Waals surface area contributed by atoms with Crippen LogP contribution in [0.2, 0.25) is 0 Å². The molecule has 0 spiro atoms. The van der Waals surface area contributed by atoms with E-state index < -0.39 is 17.3 Å². The summed E-state index contributed by atoms with van der Waals surface area (Å²) in [6.45, 7) is 2.56. The molecule has 5 aromatic rings. The largest absolute Gasteiger partial charge is 0.497 e. The summed E-state index contributed by atoms with van der Waals surface area (Å²) in [6.07, 6.45) is 6.15. The molecule has 5 rings (SSSR count). The molecule has 0 amide bonds. The lowest BCUT2D eigenvalue weighted by atomic mass is 10.1. The van der Waals surface area contributed by atoms with E-state index in [1.807, 2.05) is 49.4 Å². The maximum Gasteiger partial charge on any atom is 0.327 e. The Hall–Kier alpha value is -4.68. The summed E-state index contributed by atoms with van der Waals surface area (Å²) >= 11 is 0. The van der Waals surface area contributed by atoms with E-state index in [0.29, 0.717) is 6.61 Å². The van der Waals surface area contributed by atoms with Gasteiger partial charge in [0, 0.05) is 11.6 Å². The number of benzene rings is 5. The lowest BCUT2D eigenvalue weighted by Gasteiger charge is -2.17. The van der Waals surface area contributed by atoms with Gasteiger partial charge >= 0.3 is 12.8 Å². The number of hydrogen-bond donors (Lipinski definition) is 0. The fraction of sp³-hybridized carbons (Fsp3) is 0.0789. The van der Waals surface area contributed by atoms with Gasteiger partial charge in [-0.2, -0.15) is 0 Å². The number of nitrogens with zero attached hydrogens (tertiary/aromatic N) is 1. The number of allylic oxidation sites excluding steroid dienone is 3. The normalized spacial score (nSPS) is 11.7. The highest BCUT2D eigenvalue weighted by atomic mass is 35.7. The summed E-state index contributed by atoms with van der Waals surface area (Å²) in [7, 11) is -5.72. The van der Waals surface area contributed by atoms with E-state index in [2.05, 4.69) is 121 Å². The Morgan fingerprint density at radius 2 is 1.06 bits per heavy atom. The lowest BCUT2D eigenvalue weighted by Crippen LogP contribution is -2.68. The van der Waals surface area contributed by atoms with Crippen LogP contribution in [0.4, 0.5) is 0 Å². The van der Waals surface area contributed by atoms with Gasteiger partial charge in [0.05, 0.1) is 35.2 Å². The molecule has 0 N–H and O–H groups in total. The molecule has 5 aromatic carbocycles. The summed E-state index contributed by atoms with van der Waals surface area (Å²) in [5, 5.41) is 3.61. The minimum atomic E-state index is -4.94. The molecular weight excluding hydrogens is 633 g/mol. The zero-order valence-corrected chi connectivity index (χ0v) is 27.7. The van der Waals surface area contributed by atoms with Gasteiger partial charge in [0.2, 0.25) is 0 Å². The number of rotatable bonds is 10. The van der Waals surface area contributed by atoms with Gasteiger partial charge in [-0.1, -0.05) is 78.9 Å². The third-order valence-electron chi connectivity index (χ3n) is 6.89. The van der Waals surface area contributed by atoms with Gasteiger partial charge in [0.1, 0.15) is 11.5 Å². The van der Waals surface area contributed by atoms with Crippen molar-refractivity contribution >= 4 is 34.4 Å². The molecule has 0 aliphatic heterocycles. The summed E-state index contributed by atoms with van der Waals surface area (Å²) in [5.74, 6) is 1.60. The highest BCUT2D eigenvalue weighted by molar-refractivity contribution is 7.87. The second kappa shape index (κ2) is 17.3. The monoisotopic (exact) mass is 667 g/mol. The van der Waals surface area contributed by atoms with Crippen molar-refractivity contribution in [3.05, 3.63) is 175 Å². The lowest BCUT2D eigenvalue weighted by molar-refractivity contribution is -2.00. The van der Waals surface area contributed by atoms with Crippen LogP contribution >= 0.6 is 7.05 Å². The van der Waals surface area contributed by atoms with Crippen molar-refractivity contribution < 1.29 is 38.4 Å². The average molecular weight is 668 g/mol. The molecule has 0 aromatic heterocycles. The smallest absolute Gasteiger partial charge is 0.327 e. The predicted octanol–water partition coefficient (Wildman–Crippen LogP) is 2.61. The molecule has 0 bridgehead atoms. The third kappa shape index (κ3) is 10.2. The first kappa shape index (κ1) is 35.2. The molecule has 0 heterocycles. The van der Waals surface area contributed by atoms with Crippen LogP contribution in [0.1, 0.15) is 18.1 Å². The third-order valence-corrected chi connectivity index (χ3v) is 10.5. The van der Waals surface area contributed by atoms with Crippen molar-refractivity contribution in [1.29, 1.82) is 0 Å². The Labute approximate surface area is 277 Å². The van der Waals surface area contributed by atoms with Crippen molar-refractivity contribution in [2.45, 2.75) is 6.92 Å². The van der Waals surface area contributed by atoms with Crippen LogP contribution in [0, 0.1) is 10.2 Å². The molecule has 0 aliphatic carbocycles. The Kier molecular flexibility index (Phi) is 12.9. The van der Waals surface area contributed by atoms with E-state index >= 15 is 0 Å². The minimum absolute atomic E-state index is 0.565. The van der Waals surface area contributed by atoms with Crippen molar-refractivity contribution in [3.63, 3.8) is 0 Å². The van der Waals surface area contributed by atoms with E-state index in [4.69, 9.17) is 32.5 Å². The van der Waals surface area contributed by atoms with E-state index in [-0.39, 0.29) is 0 Å². The Balaban J connectivity index is 0.000000930. The average Bonchev–Trinajstić information content (AvgIpc) is 3.10. The maximum atomic E-state index is 8.49. The van der Waals surface area contributed by atoms with E-state index in [1.54, 1.807) is 7.11 Å². The quantitative estimate of drug-likeness (QED) is 0.0742. The highest BCUT2D eigenvalue weighted by Gasteiger charge is 2.38. The molecule has 0 fully saturated rings. The Bertz CT molecular complexity index is 1730. The molecule has 0 aliphatic rings. The summed E-state index contributed by atoms with van der Waals surface area (Å²) in [4.78, 5) is 0. The summed E-state index contributed by atoms with van der Waals surface area (Å²) in [5.41, 5.74) is 2.94. The molecule has 0 radical (unpaired) electrons. The van der Waals surface area contributed by atoms with E-state index in [9.17, 15) is 0 Å². The molecule has 0 saturated carbocycles. The summed E-state index contributed by atoms with van der Waals surface area (Å²) < 4.78 is 51.1. The Morgan fingerprint density at radius 3 is 1.47 bits per heavy atom. The number of halogens is 1. The first-order valence-corrected chi connectivity index (χ1v) is 17.7. The van der Waals surface area contributed by atoms with Gasteiger partial charge in [-0.15, -0.1) is 14.7 Å². The van der Waals surface area contributed by atoms with Gasteiger partial charge in [0.25, 0.3) is 0 Å². The minimum Gasteiger partial charge on any atom is -0.497 e. The van der Waals surface area contributed by atoms with E-state index in [1.165, 1.54) is 15.9 Å².